The number of nitrogens with two attached hydrogens (primary N) is 1. The normalized spacial score (nSPS) is 10.4. The molecule has 0 spiro atoms. The number of aryl methyl sites for hydroxylation is 1. The fraction of sp³-hybridized carbons (Fsp3) is 0.111. The molecule has 0 bridgehead atoms. The molecule has 5 heteroatoms. The van der Waals surface area contributed by atoms with E-state index in [0.29, 0.717) is 5.69 Å². The molecule has 4 nitrogen and oxygen atoms in total. The largest absolute Gasteiger partial charge is 0.398 e. The minimum absolute atomic E-state index is 0.656. The molecule has 2 aromatic rings. The van der Waals surface area contributed by atoms with E-state index in [2.05, 4.69) is 26.0 Å². The van der Waals surface area contributed by atoms with E-state index in [0.717, 1.165) is 16.0 Å². The average Bonchev–Trinajstić information content (AvgIpc) is 2.57. The Hall–Kier alpha value is -1.36. The zero-order valence-electron chi connectivity index (χ0n) is 7.61. The first kappa shape index (κ1) is 9.21. The second-order valence-corrected chi connectivity index (χ2v) is 3.82. The van der Waals surface area contributed by atoms with E-state index < -0.39 is 0 Å². The predicted octanol–water partition coefficient (Wildman–Crippen LogP) is 1.92. The van der Waals surface area contributed by atoms with Gasteiger partial charge in [-0.2, -0.15) is 5.10 Å². The number of nitrogens with zero attached hydrogens (tertiary/aromatic N) is 3. The summed E-state index contributed by atoms with van der Waals surface area (Å²) < 4.78 is 2.49. The number of nitrogen functional groups attached to an aromatic ring is 1. The molecule has 0 atom stereocenters. The summed E-state index contributed by atoms with van der Waals surface area (Å²) >= 11 is 3.29. The van der Waals surface area contributed by atoms with Crippen molar-refractivity contribution >= 4 is 21.6 Å². The first-order valence-electron chi connectivity index (χ1n) is 4.10. The third-order valence-electron chi connectivity index (χ3n) is 1.83. The van der Waals surface area contributed by atoms with Crippen LogP contribution < -0.4 is 5.73 Å². The quantitative estimate of drug-likeness (QED) is 0.844. The van der Waals surface area contributed by atoms with E-state index >= 15 is 0 Å². The van der Waals surface area contributed by atoms with Crippen molar-refractivity contribution in [2.24, 2.45) is 0 Å². The topological polar surface area (TPSA) is 56.7 Å². The summed E-state index contributed by atoms with van der Waals surface area (Å²) in [5.41, 5.74) is 7.34. The van der Waals surface area contributed by atoms with Gasteiger partial charge in [0.1, 0.15) is 0 Å². The number of anilines is 1. The van der Waals surface area contributed by atoms with E-state index in [-0.39, 0.29) is 0 Å². The molecule has 0 aliphatic rings. The molecule has 2 rings (SSSR count). The molecular formula is C9H9BrN4. The lowest BCUT2D eigenvalue weighted by molar-refractivity contribution is 0.832. The molecule has 2 aromatic heterocycles. The van der Waals surface area contributed by atoms with E-state index in [1.165, 1.54) is 0 Å². The van der Waals surface area contributed by atoms with Crippen LogP contribution in [-0.4, -0.2) is 14.8 Å². The standard InChI is InChI=1S/C9H9BrN4/c1-6-2-3-14(13-6)9-4-8(11)7(10)5-12-9/h2-5H,1H3,(H2,11,12). The number of aromatic nitrogens is 3. The molecule has 72 valence electrons. The van der Waals surface area contributed by atoms with Crippen molar-refractivity contribution in [3.05, 3.63) is 34.7 Å². The van der Waals surface area contributed by atoms with Gasteiger partial charge in [0.05, 0.1) is 15.9 Å². The van der Waals surface area contributed by atoms with Gasteiger partial charge in [0.25, 0.3) is 0 Å². The Morgan fingerprint density at radius 3 is 2.86 bits per heavy atom. The van der Waals surface area contributed by atoms with Crippen LogP contribution in [0, 0.1) is 6.92 Å². The number of hydrogen-bond acceptors (Lipinski definition) is 3. The summed E-state index contributed by atoms with van der Waals surface area (Å²) in [4.78, 5) is 4.20. The maximum atomic E-state index is 5.74. The first-order chi connectivity index (χ1) is 6.66. The summed E-state index contributed by atoms with van der Waals surface area (Å²) in [5.74, 6) is 0.721. The molecule has 0 saturated heterocycles. The molecule has 2 heterocycles. The van der Waals surface area contributed by atoms with Crippen molar-refractivity contribution in [2.75, 3.05) is 5.73 Å². The predicted molar refractivity (Wildman–Crippen MR) is 58.2 cm³/mol. The minimum Gasteiger partial charge on any atom is -0.398 e. The Balaban J connectivity index is 2.47. The summed E-state index contributed by atoms with van der Waals surface area (Å²) in [6.45, 7) is 1.93. The monoisotopic (exact) mass is 252 g/mol. The highest BCUT2D eigenvalue weighted by molar-refractivity contribution is 9.10. The van der Waals surface area contributed by atoms with Crippen LogP contribution in [0.15, 0.2) is 29.0 Å². The fourth-order valence-electron chi connectivity index (χ4n) is 1.11. The van der Waals surface area contributed by atoms with Crippen LogP contribution in [0.2, 0.25) is 0 Å². The number of halogens is 1. The Labute approximate surface area is 89.9 Å². The number of pyridine rings is 1. The first-order valence-corrected chi connectivity index (χ1v) is 4.90. The van der Waals surface area contributed by atoms with Gasteiger partial charge in [-0.15, -0.1) is 0 Å². The van der Waals surface area contributed by atoms with Gasteiger partial charge >= 0.3 is 0 Å². The summed E-state index contributed by atoms with van der Waals surface area (Å²) in [6, 6.07) is 3.69. The van der Waals surface area contributed by atoms with Gasteiger partial charge in [-0.05, 0) is 28.9 Å². The maximum absolute atomic E-state index is 5.74. The highest BCUT2D eigenvalue weighted by Gasteiger charge is 2.02. The second-order valence-electron chi connectivity index (χ2n) is 2.97. The van der Waals surface area contributed by atoms with Crippen LogP contribution in [0.1, 0.15) is 5.69 Å². The second kappa shape index (κ2) is 3.42. The Bertz CT molecular complexity index is 464. The Kier molecular flexibility index (Phi) is 2.25. The molecule has 0 unspecified atom stereocenters. The molecule has 0 aliphatic carbocycles. The summed E-state index contributed by atoms with van der Waals surface area (Å²) in [6.07, 6.45) is 3.52. The van der Waals surface area contributed by atoms with Crippen molar-refractivity contribution in [1.29, 1.82) is 0 Å². The zero-order chi connectivity index (χ0) is 10.1. The van der Waals surface area contributed by atoms with Gasteiger partial charge in [-0.1, -0.05) is 0 Å². The molecule has 2 N–H and O–H groups in total. The maximum Gasteiger partial charge on any atom is 0.155 e. The van der Waals surface area contributed by atoms with Gasteiger partial charge in [0.15, 0.2) is 5.82 Å². The lowest BCUT2D eigenvalue weighted by atomic mass is 10.4. The van der Waals surface area contributed by atoms with Gasteiger partial charge in [0.2, 0.25) is 0 Å². The van der Waals surface area contributed by atoms with Crippen molar-refractivity contribution in [2.45, 2.75) is 6.92 Å². The third-order valence-corrected chi connectivity index (χ3v) is 2.49. The molecule has 0 radical (unpaired) electrons. The SMILES string of the molecule is Cc1ccn(-c2cc(N)c(Br)cn2)n1. The van der Waals surface area contributed by atoms with E-state index in [9.17, 15) is 0 Å². The molecule has 0 aliphatic heterocycles. The molecular weight excluding hydrogens is 244 g/mol. The Morgan fingerprint density at radius 1 is 1.50 bits per heavy atom. The average molecular weight is 253 g/mol. The van der Waals surface area contributed by atoms with Crippen LogP contribution in [0.3, 0.4) is 0 Å². The molecule has 0 amide bonds. The number of hydrogen-bond donors (Lipinski definition) is 1. The van der Waals surface area contributed by atoms with Gasteiger partial charge in [-0.3, -0.25) is 0 Å². The van der Waals surface area contributed by atoms with Crippen LogP contribution >= 0.6 is 15.9 Å². The smallest absolute Gasteiger partial charge is 0.155 e. The summed E-state index contributed by atoms with van der Waals surface area (Å²) in [5, 5.41) is 4.24. The van der Waals surface area contributed by atoms with Crippen molar-refractivity contribution in [3.63, 3.8) is 0 Å². The molecule has 0 fully saturated rings. The Morgan fingerprint density at radius 2 is 2.29 bits per heavy atom. The highest BCUT2D eigenvalue weighted by atomic mass is 79.9. The molecule has 0 saturated carbocycles. The van der Waals surface area contributed by atoms with Crippen LogP contribution in [-0.2, 0) is 0 Å². The zero-order valence-corrected chi connectivity index (χ0v) is 9.19. The minimum atomic E-state index is 0.656. The lowest BCUT2D eigenvalue weighted by Crippen LogP contribution is -2.00. The lowest BCUT2D eigenvalue weighted by Gasteiger charge is -2.02. The number of rotatable bonds is 1. The molecule has 14 heavy (non-hydrogen) atoms. The van der Waals surface area contributed by atoms with E-state index in [1.54, 1.807) is 16.9 Å². The highest BCUT2D eigenvalue weighted by Crippen LogP contribution is 2.19. The van der Waals surface area contributed by atoms with Gasteiger partial charge in [-0.25, -0.2) is 9.67 Å². The van der Waals surface area contributed by atoms with Crippen molar-refractivity contribution < 1.29 is 0 Å². The van der Waals surface area contributed by atoms with Crippen molar-refractivity contribution in [1.82, 2.24) is 14.8 Å². The molecule has 0 aromatic carbocycles. The third kappa shape index (κ3) is 1.63. The van der Waals surface area contributed by atoms with Crippen LogP contribution in [0.4, 0.5) is 5.69 Å². The fourth-order valence-corrected chi connectivity index (χ4v) is 1.33. The van der Waals surface area contributed by atoms with E-state index in [1.807, 2.05) is 19.2 Å². The van der Waals surface area contributed by atoms with E-state index in [4.69, 9.17) is 5.73 Å². The van der Waals surface area contributed by atoms with Gasteiger partial charge in [0, 0.05) is 18.5 Å². The van der Waals surface area contributed by atoms with Gasteiger partial charge < -0.3 is 5.73 Å². The summed E-state index contributed by atoms with van der Waals surface area (Å²) in [7, 11) is 0. The van der Waals surface area contributed by atoms with Crippen LogP contribution in [0.25, 0.3) is 5.82 Å². The van der Waals surface area contributed by atoms with Crippen molar-refractivity contribution in [3.8, 4) is 5.82 Å². The van der Waals surface area contributed by atoms with Crippen LogP contribution in [0.5, 0.6) is 0 Å².